The van der Waals surface area contributed by atoms with Crippen LogP contribution in [0.2, 0.25) is 5.02 Å². The molecule has 6 heteroatoms. The van der Waals surface area contributed by atoms with E-state index < -0.39 is 12.5 Å². The number of rotatable bonds is 2. The summed E-state index contributed by atoms with van der Waals surface area (Å²) < 4.78 is 15.6. The molecular weight excluding hydrogens is 307 g/mol. The summed E-state index contributed by atoms with van der Waals surface area (Å²) in [6.45, 7) is 1.03. The third-order valence-corrected chi connectivity index (χ3v) is 3.83. The number of nitrogens with zero attached hydrogens (tertiary/aromatic N) is 2. The van der Waals surface area contributed by atoms with Gasteiger partial charge in [-0.1, -0.05) is 29.8 Å². The van der Waals surface area contributed by atoms with Crippen molar-refractivity contribution in [2.45, 2.75) is 6.92 Å². The average Bonchev–Trinajstić information content (AvgIpc) is 2.91. The molecule has 0 unspecified atom stereocenters. The zero-order valence-electron chi connectivity index (χ0n) is 11.7. The van der Waals surface area contributed by atoms with Gasteiger partial charge < -0.3 is 5.11 Å². The molecule has 22 heavy (non-hydrogen) atoms. The van der Waals surface area contributed by atoms with Crippen molar-refractivity contribution in [3.05, 3.63) is 53.1 Å². The molecule has 0 radical (unpaired) electrons. The van der Waals surface area contributed by atoms with Gasteiger partial charge >= 0.3 is 0 Å². The first-order chi connectivity index (χ1) is 10.5. The van der Waals surface area contributed by atoms with Gasteiger partial charge in [-0.3, -0.25) is 9.36 Å². The van der Waals surface area contributed by atoms with Crippen LogP contribution in [0.15, 0.2) is 36.7 Å². The lowest BCUT2D eigenvalue weighted by Gasteiger charge is -2.09. The SMILES string of the molecule is Cc1cccc(-c2cc3c(cc2Cl)ncn3C(=O)CO)c1F. The number of carbonyl (C=O) groups is 1. The summed E-state index contributed by atoms with van der Waals surface area (Å²) in [5.41, 5.74) is 2.32. The second-order valence-electron chi connectivity index (χ2n) is 4.92. The highest BCUT2D eigenvalue weighted by atomic mass is 35.5. The van der Waals surface area contributed by atoms with Crippen LogP contribution in [0.5, 0.6) is 0 Å². The number of hydrogen-bond acceptors (Lipinski definition) is 3. The van der Waals surface area contributed by atoms with E-state index in [0.29, 0.717) is 32.7 Å². The first kappa shape index (κ1) is 14.7. The molecule has 0 spiro atoms. The molecule has 2 aromatic carbocycles. The maximum atomic E-state index is 14.3. The van der Waals surface area contributed by atoms with Crippen molar-refractivity contribution in [2.75, 3.05) is 6.61 Å². The summed E-state index contributed by atoms with van der Waals surface area (Å²) in [5.74, 6) is -0.871. The molecule has 0 fully saturated rings. The van der Waals surface area contributed by atoms with E-state index in [9.17, 15) is 9.18 Å². The van der Waals surface area contributed by atoms with Crippen molar-refractivity contribution in [3.63, 3.8) is 0 Å². The van der Waals surface area contributed by atoms with Gasteiger partial charge in [-0.2, -0.15) is 0 Å². The first-order valence-electron chi connectivity index (χ1n) is 6.59. The quantitative estimate of drug-likeness (QED) is 0.787. The lowest BCUT2D eigenvalue weighted by atomic mass is 10.0. The van der Waals surface area contributed by atoms with Crippen LogP contribution < -0.4 is 0 Å². The highest BCUT2D eigenvalue weighted by Crippen LogP contribution is 2.34. The van der Waals surface area contributed by atoms with Crippen molar-refractivity contribution in [1.29, 1.82) is 0 Å². The molecule has 0 saturated heterocycles. The van der Waals surface area contributed by atoms with Crippen molar-refractivity contribution in [3.8, 4) is 11.1 Å². The molecular formula is C16H12ClFN2O2. The standard InChI is InChI=1S/C16H12ClFN2O2/c1-9-3-2-4-10(16(9)18)11-5-14-13(6-12(11)17)19-8-20(14)15(22)7-21/h2-6,8,21H,7H2,1H3. The van der Waals surface area contributed by atoms with Crippen LogP contribution in [0.1, 0.15) is 10.4 Å². The summed E-state index contributed by atoms with van der Waals surface area (Å²) in [6.07, 6.45) is 1.32. The number of halogens is 2. The van der Waals surface area contributed by atoms with Crippen LogP contribution in [0, 0.1) is 12.7 Å². The molecule has 3 rings (SSSR count). The van der Waals surface area contributed by atoms with Crippen molar-refractivity contribution < 1.29 is 14.3 Å². The number of aromatic nitrogens is 2. The summed E-state index contributed by atoms with van der Waals surface area (Å²) >= 11 is 6.23. The molecule has 112 valence electrons. The molecule has 0 saturated carbocycles. The number of imidazole rings is 1. The molecule has 0 aliphatic heterocycles. The summed E-state index contributed by atoms with van der Waals surface area (Å²) in [4.78, 5) is 15.8. The largest absolute Gasteiger partial charge is 0.387 e. The number of hydrogen-bond donors (Lipinski definition) is 1. The van der Waals surface area contributed by atoms with Gasteiger partial charge in [0.05, 0.1) is 16.1 Å². The van der Waals surface area contributed by atoms with E-state index in [-0.39, 0.29) is 5.82 Å². The van der Waals surface area contributed by atoms with Gasteiger partial charge in [-0.15, -0.1) is 0 Å². The van der Waals surface area contributed by atoms with E-state index in [1.807, 2.05) is 0 Å². The Morgan fingerprint density at radius 2 is 2.14 bits per heavy atom. The lowest BCUT2D eigenvalue weighted by molar-refractivity contribution is 0.0823. The van der Waals surface area contributed by atoms with E-state index in [2.05, 4.69) is 4.98 Å². The third kappa shape index (κ3) is 2.28. The van der Waals surface area contributed by atoms with Crippen LogP contribution in [0.3, 0.4) is 0 Å². The van der Waals surface area contributed by atoms with Gasteiger partial charge in [0.25, 0.3) is 5.91 Å². The van der Waals surface area contributed by atoms with Crippen molar-refractivity contribution in [2.24, 2.45) is 0 Å². The summed E-state index contributed by atoms with van der Waals surface area (Å²) in [5, 5.41) is 9.35. The summed E-state index contributed by atoms with van der Waals surface area (Å²) in [6, 6.07) is 8.23. The second kappa shape index (κ2) is 5.51. The predicted molar refractivity (Wildman–Crippen MR) is 82.6 cm³/mol. The normalized spacial score (nSPS) is 11.1. The van der Waals surface area contributed by atoms with E-state index in [1.54, 1.807) is 37.3 Å². The fraction of sp³-hybridized carbons (Fsp3) is 0.125. The van der Waals surface area contributed by atoms with Crippen LogP contribution in [-0.4, -0.2) is 27.2 Å². The zero-order chi connectivity index (χ0) is 15.9. The minimum Gasteiger partial charge on any atom is -0.387 e. The highest BCUT2D eigenvalue weighted by Gasteiger charge is 2.16. The second-order valence-corrected chi connectivity index (χ2v) is 5.33. The Morgan fingerprint density at radius 3 is 2.86 bits per heavy atom. The number of benzene rings is 2. The number of fused-ring (bicyclic) bond motifs is 1. The van der Waals surface area contributed by atoms with Crippen LogP contribution >= 0.6 is 11.6 Å². The zero-order valence-corrected chi connectivity index (χ0v) is 12.4. The maximum absolute atomic E-state index is 14.3. The fourth-order valence-corrected chi connectivity index (χ4v) is 2.63. The maximum Gasteiger partial charge on any atom is 0.258 e. The van der Waals surface area contributed by atoms with Gasteiger partial charge in [-0.25, -0.2) is 9.37 Å². The van der Waals surface area contributed by atoms with Crippen LogP contribution in [0.4, 0.5) is 4.39 Å². The minimum atomic E-state index is -0.637. The minimum absolute atomic E-state index is 0.346. The summed E-state index contributed by atoms with van der Waals surface area (Å²) in [7, 11) is 0. The highest BCUT2D eigenvalue weighted by molar-refractivity contribution is 6.34. The third-order valence-electron chi connectivity index (χ3n) is 3.52. The Hall–Kier alpha value is -2.24. The Kier molecular flexibility index (Phi) is 3.68. The molecule has 1 heterocycles. The van der Waals surface area contributed by atoms with Crippen LogP contribution in [0.25, 0.3) is 22.2 Å². The van der Waals surface area contributed by atoms with Crippen molar-refractivity contribution in [1.82, 2.24) is 9.55 Å². The Bertz CT molecular complexity index is 889. The van der Waals surface area contributed by atoms with Crippen molar-refractivity contribution >= 4 is 28.5 Å². The molecule has 1 N–H and O–H groups in total. The smallest absolute Gasteiger partial charge is 0.258 e. The number of aliphatic hydroxyl groups excluding tert-OH is 1. The van der Waals surface area contributed by atoms with Gasteiger partial charge in [-0.05, 0) is 24.6 Å². The van der Waals surface area contributed by atoms with E-state index >= 15 is 0 Å². The molecule has 0 aliphatic carbocycles. The number of aryl methyl sites for hydroxylation is 1. The van der Waals surface area contributed by atoms with E-state index in [4.69, 9.17) is 16.7 Å². The topological polar surface area (TPSA) is 55.1 Å². The van der Waals surface area contributed by atoms with Gasteiger partial charge in [0, 0.05) is 11.1 Å². The fourth-order valence-electron chi connectivity index (χ4n) is 2.37. The molecule has 1 aromatic heterocycles. The van der Waals surface area contributed by atoms with E-state index in [1.165, 1.54) is 10.9 Å². The monoisotopic (exact) mass is 318 g/mol. The van der Waals surface area contributed by atoms with Gasteiger partial charge in [0.2, 0.25) is 0 Å². The Balaban J connectivity index is 2.28. The van der Waals surface area contributed by atoms with Crippen LogP contribution in [-0.2, 0) is 0 Å². The molecule has 4 nitrogen and oxygen atoms in total. The molecule has 0 aliphatic rings. The number of aliphatic hydroxyl groups is 1. The molecule has 3 aromatic rings. The predicted octanol–water partition coefficient (Wildman–Crippen LogP) is 3.44. The average molecular weight is 319 g/mol. The Labute approximate surface area is 130 Å². The first-order valence-corrected chi connectivity index (χ1v) is 6.97. The molecule has 0 atom stereocenters. The van der Waals surface area contributed by atoms with Gasteiger partial charge in [0.15, 0.2) is 0 Å². The van der Waals surface area contributed by atoms with Gasteiger partial charge in [0.1, 0.15) is 18.8 Å². The Morgan fingerprint density at radius 1 is 1.36 bits per heavy atom. The molecule has 0 amide bonds. The lowest BCUT2D eigenvalue weighted by Crippen LogP contribution is -2.13. The number of carbonyl (C=O) groups excluding carboxylic acids is 1. The molecule has 0 bridgehead atoms. The van der Waals surface area contributed by atoms with E-state index in [0.717, 1.165) is 0 Å².